The molecule has 1 rings (SSSR count). The van der Waals surface area contributed by atoms with Crippen molar-refractivity contribution in [1.82, 2.24) is 4.72 Å². The van der Waals surface area contributed by atoms with Crippen molar-refractivity contribution in [2.75, 3.05) is 12.8 Å². The van der Waals surface area contributed by atoms with Gasteiger partial charge in [0.05, 0.1) is 4.90 Å². The third-order valence-corrected chi connectivity index (χ3v) is 4.85. The summed E-state index contributed by atoms with van der Waals surface area (Å²) in [5, 5.41) is 0. The van der Waals surface area contributed by atoms with Gasteiger partial charge in [-0.05, 0) is 24.6 Å². The number of rotatable bonds is 6. The number of hydrogen-bond acceptors (Lipinski definition) is 4. The van der Waals surface area contributed by atoms with E-state index in [1.54, 1.807) is 0 Å². The van der Waals surface area contributed by atoms with Crippen LogP contribution in [0.1, 0.15) is 6.42 Å². The molecule has 0 saturated heterocycles. The summed E-state index contributed by atoms with van der Waals surface area (Å²) in [7, 11) is -7.69. The molecule has 8 heteroatoms. The Morgan fingerprint density at radius 2 is 1.95 bits per heavy atom. The second-order valence-corrected chi connectivity index (χ2v) is 7.59. The molecule has 1 aromatic rings. The summed E-state index contributed by atoms with van der Waals surface area (Å²) in [4.78, 5) is -0.933. The van der Waals surface area contributed by atoms with E-state index in [9.17, 15) is 21.2 Å². The number of sulfonamides is 1. The third kappa shape index (κ3) is 4.12. The fourth-order valence-corrected chi connectivity index (χ4v) is 3.16. The van der Waals surface area contributed by atoms with E-state index in [1.165, 1.54) is 6.08 Å². The standard InChI is InChI=1S/C11H14FNO4S2/c1-3-4-7-13-19(16,17)11-8-9(18(2,14)15)5-6-10(11)12/h3,5-6,8,13H,1,4,7H2,2H3. The SMILES string of the molecule is C=CCCNS(=O)(=O)c1cc(S(C)(=O)=O)ccc1F. The Hall–Kier alpha value is -1.25. The lowest BCUT2D eigenvalue weighted by atomic mass is 10.3. The number of sulfone groups is 1. The van der Waals surface area contributed by atoms with Gasteiger partial charge in [0.25, 0.3) is 0 Å². The first-order chi connectivity index (χ1) is 8.68. The smallest absolute Gasteiger partial charge is 0.224 e. The lowest BCUT2D eigenvalue weighted by molar-refractivity contribution is 0.555. The molecule has 106 valence electrons. The van der Waals surface area contributed by atoms with Gasteiger partial charge in [-0.15, -0.1) is 6.58 Å². The van der Waals surface area contributed by atoms with E-state index < -0.39 is 30.6 Å². The van der Waals surface area contributed by atoms with Crippen LogP contribution < -0.4 is 4.72 Å². The van der Waals surface area contributed by atoms with Crippen molar-refractivity contribution in [3.63, 3.8) is 0 Å². The Balaban J connectivity index is 3.22. The lowest BCUT2D eigenvalue weighted by Crippen LogP contribution is -2.25. The molecule has 0 fully saturated rings. The molecule has 5 nitrogen and oxygen atoms in total. The predicted octanol–water partition coefficient (Wildman–Crippen LogP) is 1.08. The van der Waals surface area contributed by atoms with Gasteiger partial charge in [0, 0.05) is 12.8 Å². The van der Waals surface area contributed by atoms with Gasteiger partial charge in [-0.3, -0.25) is 0 Å². The average Bonchev–Trinajstić information content (AvgIpc) is 2.27. The molecule has 0 unspecified atom stereocenters. The van der Waals surface area contributed by atoms with Crippen LogP contribution in [0.2, 0.25) is 0 Å². The third-order valence-electron chi connectivity index (χ3n) is 2.26. The molecule has 0 heterocycles. The zero-order valence-corrected chi connectivity index (χ0v) is 11.9. The molecule has 0 radical (unpaired) electrons. The first-order valence-corrected chi connectivity index (χ1v) is 8.66. The quantitative estimate of drug-likeness (QED) is 0.484. The fraction of sp³-hybridized carbons (Fsp3) is 0.273. The summed E-state index contributed by atoms with van der Waals surface area (Å²) < 4.78 is 62.0. The van der Waals surface area contributed by atoms with E-state index in [-0.39, 0.29) is 11.4 Å². The van der Waals surface area contributed by atoms with Crippen LogP contribution in [0.5, 0.6) is 0 Å². The molecule has 0 aliphatic heterocycles. The van der Waals surface area contributed by atoms with Gasteiger partial charge in [0.15, 0.2) is 9.84 Å². The van der Waals surface area contributed by atoms with Crippen LogP contribution in [0.3, 0.4) is 0 Å². The lowest BCUT2D eigenvalue weighted by Gasteiger charge is -2.08. The Labute approximate surface area is 112 Å². The van der Waals surface area contributed by atoms with Crippen molar-refractivity contribution >= 4 is 19.9 Å². The molecule has 0 aromatic heterocycles. The number of halogens is 1. The van der Waals surface area contributed by atoms with Gasteiger partial charge in [0.2, 0.25) is 10.0 Å². The first kappa shape index (κ1) is 15.8. The molecule has 19 heavy (non-hydrogen) atoms. The van der Waals surface area contributed by atoms with Crippen molar-refractivity contribution in [1.29, 1.82) is 0 Å². The van der Waals surface area contributed by atoms with Crippen molar-refractivity contribution in [2.24, 2.45) is 0 Å². The highest BCUT2D eigenvalue weighted by Crippen LogP contribution is 2.19. The average molecular weight is 307 g/mol. The maximum atomic E-state index is 13.5. The topological polar surface area (TPSA) is 80.3 Å². The Morgan fingerprint density at radius 1 is 1.32 bits per heavy atom. The minimum absolute atomic E-state index is 0.0639. The highest BCUT2D eigenvalue weighted by molar-refractivity contribution is 7.91. The monoisotopic (exact) mass is 307 g/mol. The van der Waals surface area contributed by atoms with E-state index in [2.05, 4.69) is 11.3 Å². The van der Waals surface area contributed by atoms with E-state index in [0.717, 1.165) is 24.5 Å². The van der Waals surface area contributed by atoms with Crippen LogP contribution >= 0.6 is 0 Å². The highest BCUT2D eigenvalue weighted by Gasteiger charge is 2.21. The van der Waals surface area contributed by atoms with Gasteiger partial charge in [-0.1, -0.05) is 6.08 Å². The summed E-state index contributed by atoms with van der Waals surface area (Å²) in [6.07, 6.45) is 2.81. The minimum Gasteiger partial charge on any atom is -0.224 e. The highest BCUT2D eigenvalue weighted by atomic mass is 32.2. The summed E-state index contributed by atoms with van der Waals surface area (Å²) in [5.74, 6) is -1.00. The van der Waals surface area contributed by atoms with E-state index >= 15 is 0 Å². The van der Waals surface area contributed by atoms with Gasteiger partial charge in [-0.25, -0.2) is 25.9 Å². The van der Waals surface area contributed by atoms with E-state index in [0.29, 0.717) is 6.42 Å². The predicted molar refractivity (Wildman–Crippen MR) is 69.5 cm³/mol. The first-order valence-electron chi connectivity index (χ1n) is 5.28. The van der Waals surface area contributed by atoms with Crippen molar-refractivity contribution in [2.45, 2.75) is 16.2 Å². The molecule has 0 aliphatic carbocycles. The summed E-state index contributed by atoms with van der Waals surface area (Å²) in [6.45, 7) is 3.49. The second kappa shape index (κ2) is 5.81. The molecule has 0 amide bonds. The maximum absolute atomic E-state index is 13.5. The van der Waals surface area contributed by atoms with E-state index in [1.807, 2.05) is 0 Å². The molecule has 0 atom stereocenters. The van der Waals surface area contributed by atoms with Crippen LogP contribution in [0.15, 0.2) is 40.6 Å². The molecular formula is C11H14FNO4S2. The molecule has 0 bridgehead atoms. The summed E-state index contributed by atoms with van der Waals surface area (Å²) in [6, 6.07) is 2.65. The Kier molecular flexibility index (Phi) is 4.83. The number of hydrogen-bond donors (Lipinski definition) is 1. The largest absolute Gasteiger partial charge is 0.243 e. The Morgan fingerprint density at radius 3 is 2.47 bits per heavy atom. The van der Waals surface area contributed by atoms with Crippen molar-refractivity contribution in [3.8, 4) is 0 Å². The number of benzene rings is 1. The second-order valence-electron chi connectivity index (χ2n) is 3.84. The molecule has 1 aromatic carbocycles. The van der Waals surface area contributed by atoms with Crippen molar-refractivity contribution < 1.29 is 21.2 Å². The van der Waals surface area contributed by atoms with Crippen LogP contribution in [-0.4, -0.2) is 29.6 Å². The van der Waals surface area contributed by atoms with Gasteiger partial charge >= 0.3 is 0 Å². The molecular weight excluding hydrogens is 293 g/mol. The molecule has 0 aliphatic rings. The van der Waals surface area contributed by atoms with Crippen LogP contribution in [0, 0.1) is 5.82 Å². The fourth-order valence-electron chi connectivity index (χ4n) is 1.29. The maximum Gasteiger partial charge on any atom is 0.243 e. The van der Waals surface area contributed by atoms with Crippen molar-refractivity contribution in [3.05, 3.63) is 36.7 Å². The van der Waals surface area contributed by atoms with Gasteiger partial charge in [0.1, 0.15) is 10.7 Å². The van der Waals surface area contributed by atoms with Crippen LogP contribution in [0.4, 0.5) is 4.39 Å². The minimum atomic E-state index is -4.08. The molecule has 1 N–H and O–H groups in total. The normalized spacial score (nSPS) is 12.3. The van der Waals surface area contributed by atoms with E-state index in [4.69, 9.17) is 0 Å². The summed E-state index contributed by atoms with van der Waals surface area (Å²) >= 11 is 0. The van der Waals surface area contributed by atoms with Crippen LogP contribution in [-0.2, 0) is 19.9 Å². The molecule has 0 saturated carbocycles. The van der Waals surface area contributed by atoms with Gasteiger partial charge in [-0.2, -0.15) is 0 Å². The van der Waals surface area contributed by atoms with Crippen LogP contribution in [0.25, 0.3) is 0 Å². The summed E-state index contributed by atoms with van der Waals surface area (Å²) in [5.41, 5.74) is 0. The zero-order chi connectivity index (χ0) is 14.7. The van der Waals surface area contributed by atoms with Gasteiger partial charge < -0.3 is 0 Å². The number of nitrogens with one attached hydrogen (secondary N) is 1. The zero-order valence-electron chi connectivity index (χ0n) is 10.3. The Bertz CT molecular complexity index is 681. The molecule has 0 spiro atoms.